The number of hydrogen-bond donors (Lipinski definition) is 1. The molecule has 0 amide bonds. The summed E-state index contributed by atoms with van der Waals surface area (Å²) >= 11 is 1.75. The van der Waals surface area contributed by atoms with Gasteiger partial charge in [0.05, 0.1) is 10.7 Å². The first-order valence-electron chi connectivity index (χ1n) is 6.53. The number of aromatic nitrogens is 1. The van der Waals surface area contributed by atoms with Gasteiger partial charge in [-0.2, -0.15) is 0 Å². The Hall–Kier alpha value is -1.19. The van der Waals surface area contributed by atoms with Crippen molar-refractivity contribution in [2.24, 2.45) is 0 Å². The minimum Gasteiger partial charge on any atom is -0.307 e. The van der Waals surface area contributed by atoms with Crippen molar-refractivity contribution in [3.8, 4) is 0 Å². The van der Waals surface area contributed by atoms with Gasteiger partial charge in [-0.3, -0.25) is 0 Å². The average Bonchev–Trinajstić information content (AvgIpc) is 2.87. The molecule has 0 radical (unpaired) electrons. The largest absolute Gasteiger partial charge is 0.307 e. The van der Waals surface area contributed by atoms with Crippen LogP contribution in [0.1, 0.15) is 35.7 Å². The molecule has 2 rings (SSSR count). The van der Waals surface area contributed by atoms with Gasteiger partial charge in [0, 0.05) is 18.5 Å². The summed E-state index contributed by atoms with van der Waals surface area (Å²) < 4.78 is 0. The molecule has 0 atom stereocenters. The first-order chi connectivity index (χ1) is 8.81. The van der Waals surface area contributed by atoms with Crippen molar-refractivity contribution in [3.05, 3.63) is 51.5 Å². The number of hydrogen-bond acceptors (Lipinski definition) is 3. The molecule has 0 unspecified atom stereocenters. The Morgan fingerprint density at radius 2 is 1.72 bits per heavy atom. The third-order valence-electron chi connectivity index (χ3n) is 2.97. The molecule has 18 heavy (non-hydrogen) atoms. The average molecular weight is 260 g/mol. The second kappa shape index (κ2) is 6.66. The van der Waals surface area contributed by atoms with E-state index in [1.807, 2.05) is 0 Å². The summed E-state index contributed by atoms with van der Waals surface area (Å²) in [6, 6.07) is 8.80. The Morgan fingerprint density at radius 1 is 1.00 bits per heavy atom. The highest BCUT2D eigenvalue weighted by atomic mass is 32.1. The van der Waals surface area contributed by atoms with Crippen LogP contribution in [0.15, 0.2) is 29.6 Å². The first kappa shape index (κ1) is 13.2. The minimum atomic E-state index is 0.853. The SMILES string of the molecule is CCc1ccc(CNCc2csc(CC)n2)cc1. The van der Waals surface area contributed by atoms with Gasteiger partial charge >= 0.3 is 0 Å². The summed E-state index contributed by atoms with van der Waals surface area (Å²) in [5.74, 6) is 0. The highest BCUT2D eigenvalue weighted by Crippen LogP contribution is 2.10. The van der Waals surface area contributed by atoms with Crippen molar-refractivity contribution in [1.82, 2.24) is 10.3 Å². The van der Waals surface area contributed by atoms with E-state index in [-0.39, 0.29) is 0 Å². The summed E-state index contributed by atoms with van der Waals surface area (Å²) in [6.45, 7) is 6.08. The summed E-state index contributed by atoms with van der Waals surface area (Å²) in [5, 5.41) is 6.80. The fourth-order valence-electron chi connectivity index (χ4n) is 1.82. The van der Waals surface area contributed by atoms with E-state index >= 15 is 0 Å². The number of nitrogens with zero attached hydrogens (tertiary/aromatic N) is 1. The Morgan fingerprint density at radius 3 is 2.33 bits per heavy atom. The molecule has 0 aliphatic rings. The first-order valence-corrected chi connectivity index (χ1v) is 7.41. The van der Waals surface area contributed by atoms with Crippen LogP contribution in [0, 0.1) is 0 Å². The van der Waals surface area contributed by atoms with Gasteiger partial charge in [0.2, 0.25) is 0 Å². The van der Waals surface area contributed by atoms with Crippen LogP contribution in [0.5, 0.6) is 0 Å². The van der Waals surface area contributed by atoms with Crippen molar-refractivity contribution in [3.63, 3.8) is 0 Å². The molecule has 2 aromatic rings. The van der Waals surface area contributed by atoms with E-state index in [9.17, 15) is 0 Å². The van der Waals surface area contributed by atoms with Crippen LogP contribution in [0.3, 0.4) is 0 Å². The number of nitrogens with one attached hydrogen (secondary N) is 1. The molecule has 0 saturated carbocycles. The Balaban J connectivity index is 1.80. The molecule has 0 spiro atoms. The smallest absolute Gasteiger partial charge is 0.0926 e. The van der Waals surface area contributed by atoms with E-state index in [1.165, 1.54) is 16.1 Å². The molecule has 96 valence electrons. The van der Waals surface area contributed by atoms with Crippen molar-refractivity contribution < 1.29 is 0 Å². The molecule has 1 N–H and O–H groups in total. The highest BCUT2D eigenvalue weighted by Gasteiger charge is 2.00. The van der Waals surface area contributed by atoms with E-state index < -0.39 is 0 Å². The lowest BCUT2D eigenvalue weighted by Crippen LogP contribution is -2.12. The normalized spacial score (nSPS) is 10.8. The van der Waals surface area contributed by atoms with Gasteiger partial charge in [-0.05, 0) is 24.0 Å². The van der Waals surface area contributed by atoms with E-state index in [2.05, 4.69) is 53.8 Å². The second-order valence-electron chi connectivity index (χ2n) is 4.36. The number of aryl methyl sites for hydroxylation is 2. The van der Waals surface area contributed by atoms with Crippen LogP contribution in [0.4, 0.5) is 0 Å². The zero-order chi connectivity index (χ0) is 12.8. The van der Waals surface area contributed by atoms with Gasteiger partial charge in [-0.25, -0.2) is 4.98 Å². The number of benzene rings is 1. The lowest BCUT2D eigenvalue weighted by molar-refractivity contribution is 0.680. The summed E-state index contributed by atoms with van der Waals surface area (Å²) in [4.78, 5) is 4.54. The van der Waals surface area contributed by atoms with Crippen LogP contribution in [-0.2, 0) is 25.9 Å². The summed E-state index contributed by atoms with van der Waals surface area (Å²) in [6.07, 6.45) is 2.13. The molecule has 3 heteroatoms. The van der Waals surface area contributed by atoms with Crippen LogP contribution in [0.2, 0.25) is 0 Å². The maximum absolute atomic E-state index is 4.54. The van der Waals surface area contributed by atoms with Crippen LogP contribution in [-0.4, -0.2) is 4.98 Å². The summed E-state index contributed by atoms with van der Waals surface area (Å²) in [7, 11) is 0. The fourth-order valence-corrected chi connectivity index (χ4v) is 2.56. The standard InChI is InChI=1S/C15H20N2S/c1-3-12-5-7-13(8-6-12)9-16-10-14-11-18-15(4-2)17-14/h5-8,11,16H,3-4,9-10H2,1-2H3. The van der Waals surface area contributed by atoms with Gasteiger partial charge in [0.25, 0.3) is 0 Å². The third kappa shape index (κ3) is 3.65. The molecule has 0 fully saturated rings. The quantitative estimate of drug-likeness (QED) is 0.859. The predicted molar refractivity (Wildman–Crippen MR) is 77.9 cm³/mol. The van der Waals surface area contributed by atoms with Crippen molar-refractivity contribution >= 4 is 11.3 Å². The van der Waals surface area contributed by atoms with Crippen LogP contribution < -0.4 is 5.32 Å². The molecule has 1 aromatic heterocycles. The Kier molecular flexibility index (Phi) is 4.90. The molecule has 2 nitrogen and oxygen atoms in total. The molecule has 0 aliphatic heterocycles. The van der Waals surface area contributed by atoms with Crippen LogP contribution >= 0.6 is 11.3 Å². The fraction of sp³-hybridized carbons (Fsp3) is 0.400. The molecule has 0 saturated heterocycles. The number of rotatable bonds is 6. The van der Waals surface area contributed by atoms with Gasteiger partial charge in [-0.1, -0.05) is 38.1 Å². The van der Waals surface area contributed by atoms with Gasteiger partial charge < -0.3 is 5.32 Å². The van der Waals surface area contributed by atoms with Crippen molar-refractivity contribution in [2.75, 3.05) is 0 Å². The minimum absolute atomic E-state index is 0.853. The van der Waals surface area contributed by atoms with Crippen molar-refractivity contribution in [2.45, 2.75) is 39.8 Å². The molecular formula is C15H20N2S. The van der Waals surface area contributed by atoms with Gasteiger partial charge in [0.1, 0.15) is 0 Å². The predicted octanol–water partition coefficient (Wildman–Crippen LogP) is 3.56. The third-order valence-corrected chi connectivity index (χ3v) is 4.01. The van der Waals surface area contributed by atoms with E-state index in [1.54, 1.807) is 11.3 Å². The van der Waals surface area contributed by atoms with Crippen molar-refractivity contribution in [1.29, 1.82) is 0 Å². The molecular weight excluding hydrogens is 240 g/mol. The lowest BCUT2D eigenvalue weighted by atomic mass is 10.1. The number of thiazole rings is 1. The van der Waals surface area contributed by atoms with E-state index in [0.29, 0.717) is 0 Å². The maximum Gasteiger partial charge on any atom is 0.0926 e. The molecule has 1 aromatic carbocycles. The Bertz CT molecular complexity index is 473. The second-order valence-corrected chi connectivity index (χ2v) is 5.30. The van der Waals surface area contributed by atoms with E-state index in [0.717, 1.165) is 31.6 Å². The molecule has 0 aliphatic carbocycles. The lowest BCUT2D eigenvalue weighted by Gasteiger charge is -2.04. The molecule has 1 heterocycles. The topological polar surface area (TPSA) is 24.9 Å². The summed E-state index contributed by atoms with van der Waals surface area (Å²) in [5.41, 5.74) is 3.88. The highest BCUT2D eigenvalue weighted by molar-refractivity contribution is 7.09. The van der Waals surface area contributed by atoms with Gasteiger partial charge in [0.15, 0.2) is 0 Å². The zero-order valence-electron chi connectivity index (χ0n) is 11.1. The van der Waals surface area contributed by atoms with E-state index in [4.69, 9.17) is 0 Å². The Labute approximate surface area is 113 Å². The van der Waals surface area contributed by atoms with Crippen LogP contribution in [0.25, 0.3) is 0 Å². The molecule has 0 bridgehead atoms. The zero-order valence-corrected chi connectivity index (χ0v) is 11.9. The van der Waals surface area contributed by atoms with Gasteiger partial charge in [-0.15, -0.1) is 11.3 Å². The monoisotopic (exact) mass is 260 g/mol. The maximum atomic E-state index is 4.54.